The summed E-state index contributed by atoms with van der Waals surface area (Å²) in [6.07, 6.45) is 10.2. The minimum absolute atomic E-state index is 0. The molecule has 1 saturated heterocycles. The molecule has 0 radical (unpaired) electrons. The third-order valence-corrected chi connectivity index (χ3v) is 23.5. The molecule has 3 rings (SSSR count). The van der Waals surface area contributed by atoms with Crippen molar-refractivity contribution in [3.8, 4) is 0 Å². The molecule has 0 saturated carbocycles. The van der Waals surface area contributed by atoms with Crippen LogP contribution in [-0.4, -0.2) is 0 Å². The number of allylic oxidation sites excluding steroid dienone is 8. The van der Waals surface area contributed by atoms with Crippen LogP contribution in [0.1, 0.15) is 53.4 Å². The van der Waals surface area contributed by atoms with Gasteiger partial charge >= 0.3 is 123 Å². The Labute approximate surface area is 147 Å². The molecule has 0 N–H and O–H groups in total. The molecule has 0 unspecified atom stereocenters. The second kappa shape index (κ2) is 7.32. The second-order valence-electron chi connectivity index (χ2n) is 6.36. The fraction of sp³-hybridized carbons (Fsp3) is 0.556. The van der Waals surface area contributed by atoms with E-state index in [0.29, 0.717) is 0 Å². The van der Waals surface area contributed by atoms with Crippen LogP contribution in [0.25, 0.3) is 0 Å². The smallest absolute Gasteiger partial charge is 1.00 e. The average Bonchev–Trinajstić information content (AvgIpc) is 2.98. The SMILES string of the molecule is CCC1=CC[C]([Hf+2]2([C]3=C(C)C(CC)=CC3)[CH2][CH2]2)=C1C.[Cl-].[Cl-]. The van der Waals surface area contributed by atoms with Gasteiger partial charge < -0.3 is 24.8 Å². The third-order valence-electron chi connectivity index (χ3n) is 5.64. The monoisotopic (exact) mass is 492 g/mol. The van der Waals surface area contributed by atoms with E-state index in [-0.39, 0.29) is 24.8 Å². The Morgan fingerprint density at radius 1 is 0.810 bits per heavy atom. The topological polar surface area (TPSA) is 0 Å². The summed E-state index contributed by atoms with van der Waals surface area (Å²) in [7, 11) is 0. The summed E-state index contributed by atoms with van der Waals surface area (Å²) in [5, 5.41) is 0. The van der Waals surface area contributed by atoms with Crippen LogP contribution >= 0.6 is 0 Å². The van der Waals surface area contributed by atoms with Crippen molar-refractivity contribution in [1.29, 1.82) is 0 Å². The van der Waals surface area contributed by atoms with Crippen molar-refractivity contribution in [2.75, 3.05) is 0 Å². The Morgan fingerprint density at radius 2 is 1.19 bits per heavy atom. The van der Waals surface area contributed by atoms with Gasteiger partial charge in [-0.2, -0.15) is 0 Å². The van der Waals surface area contributed by atoms with E-state index in [1.165, 1.54) is 25.7 Å². The van der Waals surface area contributed by atoms with E-state index in [1.54, 1.807) is 30.6 Å². The van der Waals surface area contributed by atoms with E-state index < -0.39 is 20.0 Å². The van der Waals surface area contributed by atoms with Crippen LogP contribution in [0.4, 0.5) is 0 Å². The predicted molar refractivity (Wildman–Crippen MR) is 81.0 cm³/mol. The first kappa shape index (κ1) is 19.5. The molecule has 0 bridgehead atoms. The van der Waals surface area contributed by atoms with Crippen LogP contribution < -0.4 is 24.8 Å². The van der Waals surface area contributed by atoms with Crippen molar-refractivity contribution in [2.45, 2.75) is 61.7 Å². The summed E-state index contributed by atoms with van der Waals surface area (Å²) in [4.78, 5) is 0. The first-order valence-corrected chi connectivity index (χ1v) is 16.6. The molecule has 0 nitrogen and oxygen atoms in total. The fourth-order valence-electron chi connectivity index (χ4n) is 4.29. The molecule has 21 heavy (non-hydrogen) atoms. The molecule has 0 aromatic heterocycles. The van der Waals surface area contributed by atoms with Gasteiger partial charge in [0.05, 0.1) is 0 Å². The number of hydrogen-bond acceptors (Lipinski definition) is 0. The largest absolute Gasteiger partial charge is 1.00 e. The van der Waals surface area contributed by atoms with E-state index in [1.807, 2.05) is 6.66 Å². The van der Waals surface area contributed by atoms with Gasteiger partial charge in [0.25, 0.3) is 0 Å². The van der Waals surface area contributed by atoms with Crippen molar-refractivity contribution >= 4 is 0 Å². The normalized spacial score (nSPS) is 21.1. The summed E-state index contributed by atoms with van der Waals surface area (Å²) < 4.78 is 7.18. The Morgan fingerprint density at radius 3 is 1.43 bits per heavy atom. The number of hydrogen-bond donors (Lipinski definition) is 0. The molecule has 0 spiro atoms. The second-order valence-corrected chi connectivity index (χ2v) is 22.1. The zero-order valence-corrected chi connectivity index (χ0v) is 18.8. The van der Waals surface area contributed by atoms with Crippen LogP contribution in [0.2, 0.25) is 8.35 Å². The van der Waals surface area contributed by atoms with Crippen LogP contribution in [-0.2, 0) is 20.0 Å². The summed E-state index contributed by atoms with van der Waals surface area (Å²) in [6.45, 7) is 9.45. The van der Waals surface area contributed by atoms with Crippen molar-refractivity contribution in [3.05, 3.63) is 41.1 Å². The Balaban J connectivity index is 0.00000110. The molecule has 1 heterocycles. The van der Waals surface area contributed by atoms with Crippen LogP contribution in [0.15, 0.2) is 41.1 Å². The molecule has 116 valence electrons. The molecule has 2 aliphatic carbocycles. The van der Waals surface area contributed by atoms with Gasteiger partial charge in [-0.1, -0.05) is 0 Å². The van der Waals surface area contributed by atoms with Crippen molar-refractivity contribution in [3.63, 3.8) is 0 Å². The minimum atomic E-state index is -2.16. The summed E-state index contributed by atoms with van der Waals surface area (Å²) in [6, 6.07) is 0. The van der Waals surface area contributed by atoms with E-state index in [9.17, 15) is 0 Å². The van der Waals surface area contributed by atoms with Gasteiger partial charge in [0.1, 0.15) is 0 Å². The van der Waals surface area contributed by atoms with Gasteiger partial charge in [0.2, 0.25) is 0 Å². The average molecular weight is 492 g/mol. The molecule has 3 aliphatic rings. The van der Waals surface area contributed by atoms with Gasteiger partial charge in [-0.05, 0) is 0 Å². The van der Waals surface area contributed by atoms with E-state index in [0.717, 1.165) is 0 Å². The number of rotatable bonds is 4. The van der Waals surface area contributed by atoms with Gasteiger partial charge in [-0.15, -0.1) is 0 Å². The standard InChI is InChI=1S/2C8H11.C2H4.2ClH.Hf/c2*1-3-8-6-4-5-7(8)2;1-2;;;/h2*6H,3-4H2,1-2H3;1-2H2;2*1H;/q;;;;;+2/p-2. The molecule has 3 heteroatoms. The first-order chi connectivity index (χ1) is 9.14. The molecule has 0 aromatic rings. The maximum atomic E-state index is 2.53. The molecule has 0 amide bonds. The summed E-state index contributed by atoms with van der Waals surface area (Å²) in [5.74, 6) is 0. The molecular weight excluding hydrogens is 466 g/mol. The summed E-state index contributed by atoms with van der Waals surface area (Å²) in [5.41, 5.74) is 6.74. The molecule has 1 fully saturated rings. The molecular formula is C18H26Cl2Hf. The van der Waals surface area contributed by atoms with Crippen molar-refractivity contribution in [2.24, 2.45) is 0 Å². The van der Waals surface area contributed by atoms with E-state index in [4.69, 9.17) is 0 Å². The van der Waals surface area contributed by atoms with Crippen LogP contribution in [0, 0.1) is 0 Å². The summed E-state index contributed by atoms with van der Waals surface area (Å²) >= 11 is -2.16. The zero-order chi connectivity index (χ0) is 13.6. The zero-order valence-electron chi connectivity index (χ0n) is 13.7. The van der Waals surface area contributed by atoms with Gasteiger partial charge in [-0.25, -0.2) is 0 Å². The van der Waals surface area contributed by atoms with Gasteiger partial charge in [0.15, 0.2) is 0 Å². The quantitative estimate of drug-likeness (QED) is 0.487. The Bertz CT molecular complexity index is 500. The van der Waals surface area contributed by atoms with Crippen molar-refractivity contribution < 1.29 is 44.8 Å². The maximum Gasteiger partial charge on any atom is -1.00 e. The van der Waals surface area contributed by atoms with Crippen LogP contribution in [0.3, 0.4) is 0 Å². The Hall–Kier alpha value is 0.410. The minimum Gasteiger partial charge on any atom is -1.00 e. The number of halogens is 2. The Kier molecular flexibility index (Phi) is 6.78. The molecule has 1 aliphatic heterocycles. The fourth-order valence-corrected chi connectivity index (χ4v) is 28.0. The van der Waals surface area contributed by atoms with E-state index in [2.05, 4.69) is 39.8 Å². The van der Waals surface area contributed by atoms with Crippen LogP contribution in [0.5, 0.6) is 0 Å². The first-order valence-electron chi connectivity index (χ1n) is 7.93. The van der Waals surface area contributed by atoms with Gasteiger partial charge in [-0.3, -0.25) is 0 Å². The van der Waals surface area contributed by atoms with Crippen molar-refractivity contribution in [1.82, 2.24) is 0 Å². The molecule has 0 aromatic carbocycles. The maximum absolute atomic E-state index is 2.53. The predicted octanol–water partition coefficient (Wildman–Crippen LogP) is 0.0267. The van der Waals surface area contributed by atoms with Gasteiger partial charge in [0, 0.05) is 0 Å². The molecule has 0 atom stereocenters. The van der Waals surface area contributed by atoms with E-state index >= 15 is 0 Å². The third kappa shape index (κ3) is 3.08.